The molecule has 1 saturated heterocycles. The molecule has 1 N–H and O–H groups in total. The lowest BCUT2D eigenvalue weighted by atomic mass is 10.1. The molecule has 0 unspecified atom stereocenters. The van der Waals surface area contributed by atoms with Crippen LogP contribution >= 0.6 is 23.1 Å². The molecule has 0 atom stereocenters. The summed E-state index contributed by atoms with van der Waals surface area (Å²) in [5.74, 6) is 1.05. The Morgan fingerprint density at radius 3 is 2.68 bits per heavy atom. The Labute approximate surface area is 156 Å². The number of amides is 1. The zero-order chi connectivity index (χ0) is 17.2. The van der Waals surface area contributed by atoms with Crippen molar-refractivity contribution in [2.24, 2.45) is 0 Å². The first kappa shape index (κ1) is 17.1. The first-order valence-corrected chi connectivity index (χ1v) is 11.2. The largest absolute Gasteiger partial charge is 0.356 e. The molecule has 0 bridgehead atoms. The number of hydrogen-bond donors (Lipinski definition) is 1. The first-order valence-electron chi connectivity index (χ1n) is 9.16. The molecule has 1 aliphatic heterocycles. The van der Waals surface area contributed by atoms with Crippen LogP contribution in [-0.4, -0.2) is 41.3 Å². The molecule has 25 heavy (non-hydrogen) atoms. The van der Waals surface area contributed by atoms with E-state index in [2.05, 4.69) is 15.2 Å². The normalized spacial score (nSPS) is 18.8. The maximum absolute atomic E-state index is 12.6. The second kappa shape index (κ2) is 7.50. The van der Waals surface area contributed by atoms with Gasteiger partial charge < -0.3 is 10.2 Å². The number of carbonyl (C=O) groups excluding carboxylic acids is 1. The Kier molecular flexibility index (Phi) is 5.12. The minimum atomic E-state index is 0.0465. The fourth-order valence-electron chi connectivity index (χ4n) is 3.76. The van der Waals surface area contributed by atoms with Gasteiger partial charge in [-0.1, -0.05) is 24.6 Å². The molecule has 0 aromatic carbocycles. The Morgan fingerprint density at radius 1 is 1.20 bits per heavy atom. The van der Waals surface area contributed by atoms with E-state index < -0.39 is 0 Å². The van der Waals surface area contributed by atoms with E-state index in [1.54, 1.807) is 11.8 Å². The number of anilines is 1. The molecule has 134 valence electrons. The van der Waals surface area contributed by atoms with Crippen LogP contribution in [0.2, 0.25) is 0 Å². The van der Waals surface area contributed by atoms with Crippen molar-refractivity contribution in [3.63, 3.8) is 0 Å². The van der Waals surface area contributed by atoms with Gasteiger partial charge in [-0.25, -0.2) is 9.97 Å². The molecule has 1 saturated carbocycles. The Balaban J connectivity index is 1.66. The van der Waals surface area contributed by atoms with Gasteiger partial charge in [0, 0.05) is 19.1 Å². The highest BCUT2D eigenvalue weighted by molar-refractivity contribution is 7.98. The SMILES string of the molecule is CSc1nc(N2CCCCC2)c2cc(C(=O)NC3CCCC3)sc2n1. The van der Waals surface area contributed by atoms with Gasteiger partial charge in [0.05, 0.1) is 10.3 Å². The molecule has 1 amide bonds. The summed E-state index contributed by atoms with van der Waals surface area (Å²) in [6.07, 6.45) is 10.4. The fraction of sp³-hybridized carbons (Fsp3) is 0.611. The standard InChI is InChI=1S/C18H24N4OS2/c1-24-18-20-15(22-9-5-2-6-10-22)13-11-14(25-17(13)21-18)16(23)19-12-7-3-4-8-12/h11-12H,2-10H2,1H3,(H,19,23). The molecule has 1 aliphatic carbocycles. The van der Waals surface area contributed by atoms with Gasteiger partial charge in [-0.2, -0.15) is 0 Å². The summed E-state index contributed by atoms with van der Waals surface area (Å²) in [6.45, 7) is 2.08. The van der Waals surface area contributed by atoms with Crippen LogP contribution in [-0.2, 0) is 0 Å². The average molecular weight is 377 g/mol. The fourth-order valence-corrected chi connectivity index (χ4v) is 5.11. The number of thiophene rings is 1. The molecule has 2 aromatic heterocycles. The van der Waals surface area contributed by atoms with Crippen LogP contribution in [0.3, 0.4) is 0 Å². The maximum Gasteiger partial charge on any atom is 0.261 e. The minimum absolute atomic E-state index is 0.0465. The molecular formula is C18H24N4OS2. The smallest absolute Gasteiger partial charge is 0.261 e. The second-order valence-corrected chi connectivity index (χ2v) is 8.67. The van der Waals surface area contributed by atoms with Crippen molar-refractivity contribution >= 4 is 45.0 Å². The highest BCUT2D eigenvalue weighted by atomic mass is 32.2. The molecule has 2 fully saturated rings. The van der Waals surface area contributed by atoms with Crippen LogP contribution in [0.25, 0.3) is 10.2 Å². The van der Waals surface area contributed by atoms with Gasteiger partial charge in [0.15, 0.2) is 5.16 Å². The van der Waals surface area contributed by atoms with Crippen molar-refractivity contribution in [2.45, 2.75) is 56.1 Å². The third-order valence-electron chi connectivity index (χ3n) is 5.10. The van der Waals surface area contributed by atoms with Crippen LogP contribution in [0, 0.1) is 0 Å². The van der Waals surface area contributed by atoms with Crippen molar-refractivity contribution in [3.8, 4) is 0 Å². The van der Waals surface area contributed by atoms with Gasteiger partial charge in [-0.05, 0) is 44.4 Å². The van der Waals surface area contributed by atoms with Gasteiger partial charge >= 0.3 is 0 Å². The number of rotatable bonds is 4. The third-order valence-corrected chi connectivity index (χ3v) is 6.68. The van der Waals surface area contributed by atoms with Crippen molar-refractivity contribution in [2.75, 3.05) is 24.2 Å². The minimum Gasteiger partial charge on any atom is -0.356 e. The van der Waals surface area contributed by atoms with Crippen LogP contribution in [0.4, 0.5) is 5.82 Å². The van der Waals surface area contributed by atoms with E-state index in [0.717, 1.165) is 52.0 Å². The van der Waals surface area contributed by atoms with E-state index in [1.807, 2.05) is 12.3 Å². The predicted molar refractivity (Wildman–Crippen MR) is 105 cm³/mol. The summed E-state index contributed by atoms with van der Waals surface area (Å²) in [4.78, 5) is 26.1. The molecule has 2 aliphatic rings. The highest BCUT2D eigenvalue weighted by Gasteiger charge is 2.23. The molecule has 4 rings (SSSR count). The van der Waals surface area contributed by atoms with Crippen LogP contribution in [0.1, 0.15) is 54.6 Å². The Bertz CT molecular complexity index is 764. The number of nitrogens with one attached hydrogen (secondary N) is 1. The molecule has 0 radical (unpaired) electrons. The molecular weight excluding hydrogens is 352 g/mol. The number of nitrogens with zero attached hydrogens (tertiary/aromatic N) is 3. The lowest BCUT2D eigenvalue weighted by molar-refractivity contribution is 0.0942. The summed E-state index contributed by atoms with van der Waals surface area (Å²) in [5, 5.41) is 5.01. The number of carbonyl (C=O) groups is 1. The quantitative estimate of drug-likeness (QED) is 0.644. The summed E-state index contributed by atoms with van der Waals surface area (Å²) in [5.41, 5.74) is 0. The van der Waals surface area contributed by atoms with Gasteiger partial charge in [0.1, 0.15) is 10.6 Å². The Morgan fingerprint density at radius 2 is 1.96 bits per heavy atom. The number of aromatic nitrogens is 2. The predicted octanol–water partition coefficient (Wildman–Crippen LogP) is 4.08. The number of piperidine rings is 1. The van der Waals surface area contributed by atoms with E-state index in [9.17, 15) is 4.79 Å². The summed E-state index contributed by atoms with van der Waals surface area (Å²) in [6, 6.07) is 2.34. The van der Waals surface area contributed by atoms with E-state index in [0.29, 0.717) is 6.04 Å². The molecule has 3 heterocycles. The zero-order valence-electron chi connectivity index (χ0n) is 14.6. The van der Waals surface area contributed by atoms with E-state index >= 15 is 0 Å². The summed E-state index contributed by atoms with van der Waals surface area (Å²) < 4.78 is 0. The lowest BCUT2D eigenvalue weighted by Crippen LogP contribution is -2.32. The van der Waals surface area contributed by atoms with E-state index in [1.165, 1.54) is 43.4 Å². The molecule has 2 aromatic rings. The van der Waals surface area contributed by atoms with Gasteiger partial charge in [0.25, 0.3) is 5.91 Å². The maximum atomic E-state index is 12.6. The van der Waals surface area contributed by atoms with Gasteiger partial charge in [0.2, 0.25) is 0 Å². The zero-order valence-corrected chi connectivity index (χ0v) is 16.2. The number of fused-ring (bicyclic) bond motifs is 1. The lowest BCUT2D eigenvalue weighted by Gasteiger charge is -2.28. The van der Waals surface area contributed by atoms with Crippen molar-refractivity contribution in [1.82, 2.24) is 15.3 Å². The van der Waals surface area contributed by atoms with Gasteiger partial charge in [-0.15, -0.1) is 11.3 Å². The Hall–Kier alpha value is -1.34. The third kappa shape index (κ3) is 3.62. The highest BCUT2D eigenvalue weighted by Crippen LogP contribution is 2.34. The molecule has 5 nitrogen and oxygen atoms in total. The van der Waals surface area contributed by atoms with Crippen molar-refractivity contribution in [1.29, 1.82) is 0 Å². The monoisotopic (exact) mass is 376 g/mol. The van der Waals surface area contributed by atoms with E-state index in [4.69, 9.17) is 4.98 Å². The summed E-state index contributed by atoms with van der Waals surface area (Å²) >= 11 is 3.06. The van der Waals surface area contributed by atoms with Crippen LogP contribution in [0.15, 0.2) is 11.2 Å². The second-order valence-electron chi connectivity index (χ2n) is 6.87. The van der Waals surface area contributed by atoms with Crippen molar-refractivity contribution < 1.29 is 4.79 Å². The van der Waals surface area contributed by atoms with Crippen molar-refractivity contribution in [3.05, 3.63) is 10.9 Å². The van der Waals surface area contributed by atoms with Gasteiger partial charge in [-0.3, -0.25) is 4.79 Å². The molecule has 0 spiro atoms. The van der Waals surface area contributed by atoms with Crippen LogP contribution < -0.4 is 10.2 Å². The van der Waals surface area contributed by atoms with Crippen LogP contribution in [0.5, 0.6) is 0 Å². The van der Waals surface area contributed by atoms with E-state index in [-0.39, 0.29) is 5.91 Å². The number of thioether (sulfide) groups is 1. The first-order chi connectivity index (χ1) is 12.2. The molecule has 7 heteroatoms. The average Bonchev–Trinajstić information content (AvgIpc) is 3.30. The summed E-state index contributed by atoms with van der Waals surface area (Å²) in [7, 11) is 0. The topological polar surface area (TPSA) is 58.1 Å². The number of hydrogen-bond acceptors (Lipinski definition) is 6.